The maximum Gasteiger partial charge on any atom is 0.100 e. The predicted octanol–water partition coefficient (Wildman–Crippen LogP) is 2.66. The van der Waals surface area contributed by atoms with Crippen molar-refractivity contribution in [1.82, 2.24) is 0 Å². The Kier molecular flexibility index (Phi) is 6.86. The van der Waals surface area contributed by atoms with Crippen molar-refractivity contribution < 1.29 is 4.74 Å². The van der Waals surface area contributed by atoms with E-state index in [2.05, 4.69) is 43.8 Å². The Morgan fingerprint density at radius 3 is 2.69 bits per heavy atom. The summed E-state index contributed by atoms with van der Waals surface area (Å²) in [5.74, 6) is 0. The summed E-state index contributed by atoms with van der Waals surface area (Å²) in [6.07, 6.45) is 5.36. The zero-order valence-electron chi connectivity index (χ0n) is 10.2. The average Bonchev–Trinajstić information content (AvgIpc) is 2.35. The number of hydrogen-bond acceptors (Lipinski definition) is 1. The molecule has 0 N–H and O–H groups in total. The van der Waals surface area contributed by atoms with Gasteiger partial charge in [0.25, 0.3) is 0 Å². The fourth-order valence-corrected chi connectivity index (χ4v) is 4.55. The maximum atomic E-state index is 5.62. The Hall–Kier alpha value is -0.863. The highest BCUT2D eigenvalue weighted by atomic mass is 28.3. The zero-order chi connectivity index (χ0) is 11.6. The normalized spacial score (nSPS) is 12.3. The Labute approximate surface area is 101 Å². The summed E-state index contributed by atoms with van der Waals surface area (Å²) in [6.45, 7) is 6.68. The summed E-state index contributed by atoms with van der Waals surface area (Å²) >= 11 is 0. The van der Waals surface area contributed by atoms with Gasteiger partial charge >= 0.3 is 0 Å². The molecule has 0 aliphatic heterocycles. The first-order chi connectivity index (χ1) is 7.88. The molecule has 1 rings (SSSR count). The molecule has 0 bridgehead atoms. The number of benzene rings is 1. The van der Waals surface area contributed by atoms with Crippen LogP contribution in [0.5, 0.6) is 0 Å². The first-order valence-electron chi connectivity index (χ1n) is 6.12. The topological polar surface area (TPSA) is 9.23 Å². The molecule has 0 aromatic heterocycles. The molecule has 0 radical (unpaired) electrons. The van der Waals surface area contributed by atoms with Gasteiger partial charge in [-0.1, -0.05) is 54.1 Å². The largest absolute Gasteiger partial charge is 0.385 e. The summed E-state index contributed by atoms with van der Waals surface area (Å²) in [4.78, 5) is 0. The van der Waals surface area contributed by atoms with E-state index in [1.807, 2.05) is 6.08 Å². The molecule has 0 fully saturated rings. The van der Waals surface area contributed by atoms with Crippen molar-refractivity contribution in [2.24, 2.45) is 0 Å². The lowest BCUT2D eigenvalue weighted by atomic mass is 10.3. The lowest BCUT2D eigenvalue weighted by Crippen LogP contribution is -2.35. The fourth-order valence-electron chi connectivity index (χ4n) is 1.84. The average molecular weight is 234 g/mol. The monoisotopic (exact) mass is 234 g/mol. The van der Waals surface area contributed by atoms with Crippen LogP contribution in [0.25, 0.3) is 0 Å². The highest BCUT2D eigenvalue weighted by Gasteiger charge is 2.12. The summed E-state index contributed by atoms with van der Waals surface area (Å²) < 4.78 is 5.62. The van der Waals surface area contributed by atoms with Crippen LogP contribution in [0, 0.1) is 0 Å². The van der Waals surface area contributed by atoms with Gasteiger partial charge in [0, 0.05) is 12.8 Å². The van der Waals surface area contributed by atoms with Crippen molar-refractivity contribution in [1.29, 1.82) is 0 Å². The fraction of sp³-hybridized carbons (Fsp3) is 0.429. The molecule has 16 heavy (non-hydrogen) atoms. The number of ether oxygens (including phenoxy) is 1. The van der Waals surface area contributed by atoms with Crippen LogP contribution in [0.1, 0.15) is 19.8 Å². The van der Waals surface area contributed by atoms with Crippen LogP contribution < -0.4 is 5.19 Å². The Balaban J connectivity index is 2.52. The third-order valence-corrected chi connectivity index (χ3v) is 5.83. The van der Waals surface area contributed by atoms with E-state index in [-0.39, 0.29) is 0 Å². The minimum atomic E-state index is -0.911. The van der Waals surface area contributed by atoms with Crippen LogP contribution in [0.3, 0.4) is 0 Å². The molecule has 0 aliphatic carbocycles. The van der Waals surface area contributed by atoms with E-state index in [1.165, 1.54) is 17.7 Å². The van der Waals surface area contributed by atoms with Crippen LogP contribution >= 0.6 is 0 Å². The van der Waals surface area contributed by atoms with Crippen molar-refractivity contribution >= 4 is 14.0 Å². The standard InChI is InChI=1S/C14H22OSi/c1-3-5-9-12-16(13-15-4-2)14-10-7-6-8-11-14/h3,6-8,10-11,16H,1,4-5,9,12-13H2,2H3. The predicted molar refractivity (Wildman–Crippen MR) is 74.0 cm³/mol. The van der Waals surface area contributed by atoms with Crippen LogP contribution in [-0.2, 0) is 4.74 Å². The molecule has 0 amide bonds. The quantitative estimate of drug-likeness (QED) is 0.382. The summed E-state index contributed by atoms with van der Waals surface area (Å²) in [6, 6.07) is 12.2. The molecule has 1 nitrogen and oxygen atoms in total. The van der Waals surface area contributed by atoms with Crippen molar-refractivity contribution in [3.05, 3.63) is 43.0 Å². The maximum absolute atomic E-state index is 5.62. The molecule has 1 unspecified atom stereocenters. The van der Waals surface area contributed by atoms with Crippen molar-refractivity contribution in [2.45, 2.75) is 25.8 Å². The summed E-state index contributed by atoms with van der Waals surface area (Å²) in [5.41, 5.74) is 0. The number of rotatable bonds is 8. The Bertz CT molecular complexity index is 284. The van der Waals surface area contributed by atoms with Gasteiger partial charge in [-0.15, -0.1) is 6.58 Å². The SMILES string of the molecule is C=CCCC[SiH](COCC)c1ccccc1. The summed E-state index contributed by atoms with van der Waals surface area (Å²) in [5, 5.41) is 1.53. The molecule has 1 aromatic carbocycles. The molecule has 0 saturated heterocycles. The number of unbranched alkanes of at least 4 members (excludes halogenated alkanes) is 1. The smallest absolute Gasteiger partial charge is 0.100 e. The Morgan fingerprint density at radius 1 is 1.31 bits per heavy atom. The second-order valence-electron chi connectivity index (χ2n) is 3.99. The van der Waals surface area contributed by atoms with Gasteiger partial charge in [0.05, 0.1) is 0 Å². The van der Waals surface area contributed by atoms with E-state index in [4.69, 9.17) is 4.74 Å². The van der Waals surface area contributed by atoms with E-state index in [1.54, 1.807) is 0 Å². The van der Waals surface area contributed by atoms with Crippen molar-refractivity contribution in [3.63, 3.8) is 0 Å². The lowest BCUT2D eigenvalue weighted by Gasteiger charge is -2.15. The van der Waals surface area contributed by atoms with Gasteiger partial charge in [0.1, 0.15) is 8.80 Å². The third-order valence-electron chi connectivity index (χ3n) is 2.75. The van der Waals surface area contributed by atoms with Crippen molar-refractivity contribution in [2.75, 3.05) is 12.8 Å². The van der Waals surface area contributed by atoms with Gasteiger partial charge in [-0.25, -0.2) is 0 Å². The van der Waals surface area contributed by atoms with E-state index in [0.29, 0.717) is 0 Å². The molecule has 88 valence electrons. The molecule has 0 saturated carbocycles. The van der Waals surface area contributed by atoms with Gasteiger partial charge in [-0.3, -0.25) is 0 Å². The lowest BCUT2D eigenvalue weighted by molar-refractivity contribution is 0.191. The molecular weight excluding hydrogens is 212 g/mol. The number of allylic oxidation sites excluding steroid dienone is 1. The van der Waals surface area contributed by atoms with Gasteiger partial charge in [0.15, 0.2) is 0 Å². The molecule has 0 spiro atoms. The van der Waals surface area contributed by atoms with E-state index >= 15 is 0 Å². The van der Waals surface area contributed by atoms with Crippen LogP contribution in [-0.4, -0.2) is 21.6 Å². The van der Waals surface area contributed by atoms with Crippen LogP contribution in [0.4, 0.5) is 0 Å². The molecule has 0 aliphatic rings. The molecule has 2 heteroatoms. The highest BCUT2D eigenvalue weighted by Crippen LogP contribution is 2.04. The minimum absolute atomic E-state index is 0.831. The van der Waals surface area contributed by atoms with Gasteiger partial charge < -0.3 is 4.74 Å². The molecule has 1 atom stereocenters. The molecule has 0 heterocycles. The zero-order valence-corrected chi connectivity index (χ0v) is 11.3. The van der Waals surface area contributed by atoms with Gasteiger partial charge in [-0.2, -0.15) is 0 Å². The molecule has 1 aromatic rings. The minimum Gasteiger partial charge on any atom is -0.385 e. The highest BCUT2D eigenvalue weighted by molar-refractivity contribution is 6.73. The molecular formula is C14H22OSi. The Morgan fingerprint density at radius 2 is 2.06 bits per heavy atom. The van der Waals surface area contributed by atoms with Gasteiger partial charge in [0.2, 0.25) is 0 Å². The van der Waals surface area contributed by atoms with E-state index in [0.717, 1.165) is 19.3 Å². The van der Waals surface area contributed by atoms with E-state index in [9.17, 15) is 0 Å². The summed E-state index contributed by atoms with van der Waals surface area (Å²) in [7, 11) is -0.911. The van der Waals surface area contributed by atoms with Gasteiger partial charge in [-0.05, 0) is 13.3 Å². The second kappa shape index (κ2) is 8.31. The van der Waals surface area contributed by atoms with Crippen LogP contribution in [0.15, 0.2) is 43.0 Å². The first kappa shape index (κ1) is 13.2. The number of hydrogen-bond donors (Lipinski definition) is 0. The first-order valence-corrected chi connectivity index (χ1v) is 8.33. The second-order valence-corrected chi connectivity index (χ2v) is 6.96. The third kappa shape index (κ3) is 4.77. The van der Waals surface area contributed by atoms with E-state index < -0.39 is 8.80 Å². The van der Waals surface area contributed by atoms with Crippen LogP contribution in [0.2, 0.25) is 6.04 Å². The van der Waals surface area contributed by atoms with Crippen molar-refractivity contribution in [3.8, 4) is 0 Å².